The highest BCUT2D eigenvalue weighted by Gasteiger charge is 2.28. The van der Waals surface area contributed by atoms with Gasteiger partial charge in [-0.15, -0.1) is 0 Å². The SMILES string of the molecule is C=C(C)CN(C)S(=O)(=O)c1cc(C(=O)O)cc(F)c1F. The molecule has 0 aromatic heterocycles. The van der Waals surface area contributed by atoms with Gasteiger partial charge in [-0.1, -0.05) is 12.2 Å². The van der Waals surface area contributed by atoms with Crippen molar-refractivity contribution in [2.24, 2.45) is 0 Å². The first kappa shape index (κ1) is 16.3. The molecule has 8 heteroatoms. The first-order valence-corrected chi connectivity index (χ1v) is 6.84. The molecule has 0 aliphatic heterocycles. The maximum absolute atomic E-state index is 13.6. The lowest BCUT2D eigenvalue weighted by molar-refractivity contribution is 0.0696. The summed E-state index contributed by atoms with van der Waals surface area (Å²) in [6.07, 6.45) is 0. The van der Waals surface area contributed by atoms with Gasteiger partial charge >= 0.3 is 5.97 Å². The molecule has 1 N–H and O–H groups in total. The Labute approximate surface area is 115 Å². The fourth-order valence-corrected chi connectivity index (χ4v) is 2.83. The van der Waals surface area contributed by atoms with Crippen molar-refractivity contribution in [3.8, 4) is 0 Å². The number of carbonyl (C=O) groups is 1. The minimum atomic E-state index is -4.35. The van der Waals surface area contributed by atoms with Crippen LogP contribution in [0.3, 0.4) is 0 Å². The molecule has 0 aliphatic rings. The number of sulfonamides is 1. The molecule has 5 nitrogen and oxygen atoms in total. The van der Waals surface area contributed by atoms with Crippen molar-refractivity contribution in [2.75, 3.05) is 13.6 Å². The fourth-order valence-electron chi connectivity index (χ4n) is 1.51. The van der Waals surface area contributed by atoms with E-state index in [1.165, 1.54) is 0 Å². The van der Waals surface area contributed by atoms with Gasteiger partial charge in [-0.05, 0) is 19.1 Å². The summed E-state index contributed by atoms with van der Waals surface area (Å²) in [5, 5.41) is 8.76. The topological polar surface area (TPSA) is 74.7 Å². The van der Waals surface area contributed by atoms with Gasteiger partial charge in [-0.25, -0.2) is 22.0 Å². The molecular weight excluding hydrogens is 292 g/mol. The van der Waals surface area contributed by atoms with Gasteiger partial charge in [0.25, 0.3) is 0 Å². The zero-order chi connectivity index (χ0) is 15.7. The third-order valence-corrected chi connectivity index (χ3v) is 4.23. The molecule has 1 rings (SSSR count). The lowest BCUT2D eigenvalue weighted by Crippen LogP contribution is -2.29. The highest BCUT2D eigenvalue weighted by atomic mass is 32.2. The molecule has 0 atom stereocenters. The Bertz CT molecular complexity index is 670. The van der Waals surface area contributed by atoms with Crippen molar-refractivity contribution in [3.63, 3.8) is 0 Å². The van der Waals surface area contributed by atoms with Gasteiger partial charge in [0.2, 0.25) is 10.0 Å². The van der Waals surface area contributed by atoms with E-state index in [0.717, 1.165) is 11.4 Å². The van der Waals surface area contributed by atoms with Crippen molar-refractivity contribution in [3.05, 3.63) is 41.5 Å². The van der Waals surface area contributed by atoms with E-state index in [0.29, 0.717) is 17.7 Å². The Balaban J connectivity index is 3.45. The third kappa shape index (κ3) is 3.20. The van der Waals surface area contributed by atoms with Crippen molar-refractivity contribution >= 4 is 16.0 Å². The highest BCUT2D eigenvalue weighted by Crippen LogP contribution is 2.23. The van der Waals surface area contributed by atoms with Crippen LogP contribution in [0.15, 0.2) is 29.2 Å². The standard InChI is InChI=1S/C12H13F2NO4S/c1-7(2)6-15(3)20(18,19)10-5-8(12(16)17)4-9(13)11(10)14/h4-5H,1,6H2,2-3H3,(H,16,17). The second-order valence-electron chi connectivity index (χ2n) is 4.29. The lowest BCUT2D eigenvalue weighted by atomic mass is 10.2. The number of likely N-dealkylation sites (N-methyl/N-ethyl adjacent to an activating group) is 1. The predicted molar refractivity (Wildman–Crippen MR) is 67.9 cm³/mol. The molecular formula is C12H13F2NO4S. The summed E-state index contributed by atoms with van der Waals surface area (Å²) < 4.78 is 51.9. The van der Waals surface area contributed by atoms with Crippen LogP contribution in [0.4, 0.5) is 8.78 Å². The number of carboxylic acids is 1. The van der Waals surface area contributed by atoms with Crippen molar-refractivity contribution in [1.29, 1.82) is 0 Å². The molecule has 0 unspecified atom stereocenters. The van der Waals surface area contributed by atoms with Crippen LogP contribution in [0.2, 0.25) is 0 Å². The summed E-state index contributed by atoms with van der Waals surface area (Å²) in [5.74, 6) is -4.70. The Morgan fingerprint density at radius 3 is 2.40 bits per heavy atom. The van der Waals surface area contributed by atoms with E-state index in [1.807, 2.05) is 0 Å². The number of hydrogen-bond donors (Lipinski definition) is 1. The van der Waals surface area contributed by atoms with Crippen molar-refractivity contribution < 1.29 is 27.1 Å². The summed E-state index contributed by atoms with van der Waals surface area (Å²) in [4.78, 5) is 9.76. The van der Waals surface area contributed by atoms with Crippen LogP contribution < -0.4 is 0 Å². The van der Waals surface area contributed by atoms with E-state index in [4.69, 9.17) is 5.11 Å². The minimum Gasteiger partial charge on any atom is -0.478 e. The van der Waals surface area contributed by atoms with Gasteiger partial charge in [0.1, 0.15) is 4.90 Å². The molecule has 0 aliphatic carbocycles. The second kappa shape index (κ2) is 5.68. The summed E-state index contributed by atoms with van der Waals surface area (Å²) in [6.45, 7) is 4.99. The van der Waals surface area contributed by atoms with E-state index in [2.05, 4.69) is 6.58 Å². The van der Waals surface area contributed by atoms with Crippen LogP contribution >= 0.6 is 0 Å². The number of benzene rings is 1. The van der Waals surface area contributed by atoms with E-state index >= 15 is 0 Å². The first-order chi connectivity index (χ1) is 9.07. The molecule has 0 saturated heterocycles. The second-order valence-corrected chi connectivity index (χ2v) is 6.31. The van der Waals surface area contributed by atoms with E-state index in [1.54, 1.807) is 6.92 Å². The third-order valence-electron chi connectivity index (χ3n) is 2.42. The molecule has 0 heterocycles. The Kier molecular flexibility index (Phi) is 4.61. The molecule has 0 spiro atoms. The van der Waals surface area contributed by atoms with Crippen LogP contribution in [0, 0.1) is 11.6 Å². The zero-order valence-electron chi connectivity index (χ0n) is 10.9. The van der Waals surface area contributed by atoms with Crippen molar-refractivity contribution in [1.82, 2.24) is 4.31 Å². The molecule has 0 bridgehead atoms. The monoisotopic (exact) mass is 305 g/mol. The fraction of sp³-hybridized carbons (Fsp3) is 0.250. The molecule has 20 heavy (non-hydrogen) atoms. The number of carboxylic acid groups (broad SMARTS) is 1. The normalized spacial score (nSPS) is 11.7. The number of nitrogens with zero attached hydrogens (tertiary/aromatic N) is 1. The van der Waals surface area contributed by atoms with Gasteiger partial charge in [0.15, 0.2) is 11.6 Å². The van der Waals surface area contributed by atoms with Gasteiger partial charge in [-0.3, -0.25) is 0 Å². The van der Waals surface area contributed by atoms with Crippen LogP contribution in [-0.2, 0) is 10.0 Å². The molecule has 110 valence electrons. The van der Waals surface area contributed by atoms with Gasteiger partial charge in [0, 0.05) is 13.6 Å². The summed E-state index contributed by atoms with van der Waals surface area (Å²) >= 11 is 0. The molecule has 1 aromatic carbocycles. The molecule has 0 saturated carbocycles. The number of halogens is 2. The number of hydrogen-bond acceptors (Lipinski definition) is 3. The molecule has 0 fully saturated rings. The molecule has 0 amide bonds. The van der Waals surface area contributed by atoms with Crippen molar-refractivity contribution in [2.45, 2.75) is 11.8 Å². The summed E-state index contributed by atoms with van der Waals surface area (Å²) in [6, 6.07) is 1.01. The quantitative estimate of drug-likeness (QED) is 0.843. The first-order valence-electron chi connectivity index (χ1n) is 5.40. The van der Waals surface area contributed by atoms with Crippen LogP contribution in [0.5, 0.6) is 0 Å². The van der Waals surface area contributed by atoms with Gasteiger partial charge < -0.3 is 5.11 Å². The Morgan fingerprint density at radius 1 is 1.40 bits per heavy atom. The number of rotatable bonds is 5. The van der Waals surface area contributed by atoms with E-state index in [9.17, 15) is 22.0 Å². The summed E-state index contributed by atoms with van der Waals surface area (Å²) in [7, 11) is -3.19. The van der Waals surface area contributed by atoms with Gasteiger partial charge in [-0.2, -0.15) is 4.31 Å². The highest BCUT2D eigenvalue weighted by molar-refractivity contribution is 7.89. The van der Waals surface area contributed by atoms with Gasteiger partial charge in [0.05, 0.1) is 5.56 Å². The largest absolute Gasteiger partial charge is 0.478 e. The average molecular weight is 305 g/mol. The molecule has 1 aromatic rings. The summed E-state index contributed by atoms with van der Waals surface area (Å²) in [5.41, 5.74) is -0.155. The maximum Gasteiger partial charge on any atom is 0.335 e. The average Bonchev–Trinajstić information content (AvgIpc) is 2.30. The van der Waals surface area contributed by atoms with Crippen LogP contribution in [-0.4, -0.2) is 37.4 Å². The zero-order valence-corrected chi connectivity index (χ0v) is 11.7. The van der Waals surface area contributed by atoms with Crippen LogP contribution in [0.25, 0.3) is 0 Å². The minimum absolute atomic E-state index is 0.0965. The maximum atomic E-state index is 13.6. The number of aromatic carboxylic acids is 1. The van der Waals surface area contributed by atoms with E-state index < -0.39 is 38.1 Å². The Hall–Kier alpha value is -1.80. The van der Waals surface area contributed by atoms with E-state index in [-0.39, 0.29) is 6.54 Å². The molecule has 0 radical (unpaired) electrons. The Morgan fingerprint density at radius 2 is 1.95 bits per heavy atom. The predicted octanol–water partition coefficient (Wildman–Crippen LogP) is 1.86. The smallest absolute Gasteiger partial charge is 0.335 e. The van der Waals surface area contributed by atoms with Crippen LogP contribution in [0.1, 0.15) is 17.3 Å². The lowest BCUT2D eigenvalue weighted by Gasteiger charge is -2.18.